The summed E-state index contributed by atoms with van der Waals surface area (Å²) in [7, 11) is 0. The number of hydrogen-bond donors (Lipinski definition) is 2. The number of rotatable bonds is 5. The van der Waals surface area contributed by atoms with Gasteiger partial charge in [0.1, 0.15) is 5.82 Å². The molecular formula is C14H19ClFNO. The summed E-state index contributed by atoms with van der Waals surface area (Å²) in [6.07, 6.45) is 4.57. The van der Waals surface area contributed by atoms with Gasteiger partial charge in [0.25, 0.3) is 0 Å². The van der Waals surface area contributed by atoms with E-state index in [4.69, 9.17) is 11.6 Å². The van der Waals surface area contributed by atoms with Crippen LogP contribution in [0.2, 0.25) is 5.02 Å². The van der Waals surface area contributed by atoms with E-state index in [1.54, 1.807) is 12.1 Å². The minimum atomic E-state index is -0.386. The molecule has 1 aliphatic rings. The maximum absolute atomic E-state index is 13.0. The number of hydrogen-bond acceptors (Lipinski definition) is 2. The molecule has 0 saturated heterocycles. The molecule has 1 aromatic carbocycles. The van der Waals surface area contributed by atoms with Crippen LogP contribution in [0.1, 0.15) is 31.2 Å². The molecule has 18 heavy (non-hydrogen) atoms. The molecule has 1 fully saturated rings. The average Bonchev–Trinajstić information content (AvgIpc) is 2.83. The van der Waals surface area contributed by atoms with E-state index in [1.807, 2.05) is 0 Å². The highest BCUT2D eigenvalue weighted by Crippen LogP contribution is 2.36. The molecule has 0 atom stereocenters. The Kier molecular flexibility index (Phi) is 4.60. The molecule has 0 heterocycles. The number of nitrogens with one attached hydrogen (secondary N) is 1. The smallest absolute Gasteiger partial charge is 0.141 e. The van der Waals surface area contributed by atoms with Crippen molar-refractivity contribution in [1.29, 1.82) is 0 Å². The van der Waals surface area contributed by atoms with Crippen LogP contribution >= 0.6 is 11.6 Å². The lowest BCUT2D eigenvalue weighted by Gasteiger charge is -2.26. The molecule has 0 amide bonds. The van der Waals surface area contributed by atoms with Crippen LogP contribution in [0, 0.1) is 11.2 Å². The Balaban J connectivity index is 1.86. The molecular weight excluding hydrogens is 253 g/mol. The molecule has 0 aromatic heterocycles. The van der Waals surface area contributed by atoms with E-state index in [0.29, 0.717) is 6.54 Å². The van der Waals surface area contributed by atoms with Gasteiger partial charge < -0.3 is 10.4 Å². The summed E-state index contributed by atoms with van der Waals surface area (Å²) < 4.78 is 13.0. The van der Waals surface area contributed by atoms with Gasteiger partial charge in [-0.15, -0.1) is 0 Å². The van der Waals surface area contributed by atoms with Crippen molar-refractivity contribution in [2.24, 2.45) is 5.41 Å². The Hall–Kier alpha value is -0.640. The standard InChI is InChI=1S/C14H19ClFNO/c15-12-7-11(3-4-13(12)16)8-17-9-14(10-18)5-1-2-6-14/h3-4,7,17-18H,1-2,5-6,8-10H2. The minimum absolute atomic E-state index is 0.0455. The summed E-state index contributed by atoms with van der Waals surface area (Å²) in [4.78, 5) is 0. The van der Waals surface area contributed by atoms with Crippen LogP contribution < -0.4 is 5.32 Å². The first-order valence-corrected chi connectivity index (χ1v) is 6.79. The van der Waals surface area contributed by atoms with Crippen LogP contribution in [0.25, 0.3) is 0 Å². The molecule has 0 aliphatic heterocycles. The van der Waals surface area contributed by atoms with Gasteiger partial charge in [0.15, 0.2) is 0 Å². The van der Waals surface area contributed by atoms with Gasteiger partial charge in [-0.25, -0.2) is 4.39 Å². The van der Waals surface area contributed by atoms with Crippen LogP contribution in [-0.2, 0) is 6.54 Å². The van der Waals surface area contributed by atoms with Crippen molar-refractivity contribution in [2.75, 3.05) is 13.2 Å². The summed E-state index contributed by atoms with van der Waals surface area (Å²) >= 11 is 5.73. The maximum Gasteiger partial charge on any atom is 0.141 e. The molecule has 1 saturated carbocycles. The zero-order valence-corrected chi connectivity index (χ0v) is 11.1. The zero-order valence-electron chi connectivity index (χ0n) is 10.4. The van der Waals surface area contributed by atoms with Gasteiger partial charge >= 0.3 is 0 Å². The first-order valence-electron chi connectivity index (χ1n) is 6.41. The lowest BCUT2D eigenvalue weighted by molar-refractivity contribution is 0.128. The van der Waals surface area contributed by atoms with Crippen LogP contribution in [0.4, 0.5) is 4.39 Å². The van der Waals surface area contributed by atoms with Crippen LogP contribution in [-0.4, -0.2) is 18.3 Å². The van der Waals surface area contributed by atoms with Gasteiger partial charge in [-0.2, -0.15) is 0 Å². The van der Waals surface area contributed by atoms with E-state index >= 15 is 0 Å². The van der Waals surface area contributed by atoms with E-state index in [1.165, 1.54) is 18.9 Å². The number of aliphatic hydroxyl groups is 1. The Morgan fingerprint density at radius 2 is 2.06 bits per heavy atom. The molecule has 0 radical (unpaired) electrons. The zero-order chi connectivity index (χ0) is 13.0. The highest BCUT2D eigenvalue weighted by atomic mass is 35.5. The average molecular weight is 272 g/mol. The first kappa shape index (κ1) is 13.8. The fourth-order valence-corrected chi connectivity index (χ4v) is 2.84. The summed E-state index contributed by atoms with van der Waals surface area (Å²) in [6.45, 7) is 1.70. The van der Waals surface area contributed by atoms with Gasteiger partial charge in [-0.05, 0) is 30.5 Å². The molecule has 1 aliphatic carbocycles. The van der Waals surface area contributed by atoms with Crippen molar-refractivity contribution in [1.82, 2.24) is 5.32 Å². The molecule has 4 heteroatoms. The van der Waals surface area contributed by atoms with E-state index in [2.05, 4.69) is 5.32 Å². The van der Waals surface area contributed by atoms with E-state index in [0.717, 1.165) is 24.9 Å². The molecule has 0 spiro atoms. The highest BCUT2D eigenvalue weighted by molar-refractivity contribution is 6.30. The van der Waals surface area contributed by atoms with Crippen LogP contribution in [0.15, 0.2) is 18.2 Å². The lowest BCUT2D eigenvalue weighted by Crippen LogP contribution is -2.34. The monoisotopic (exact) mass is 271 g/mol. The van der Waals surface area contributed by atoms with Gasteiger partial charge in [-0.3, -0.25) is 0 Å². The maximum atomic E-state index is 13.0. The Morgan fingerprint density at radius 3 is 2.67 bits per heavy atom. The normalized spacial score (nSPS) is 18.2. The minimum Gasteiger partial charge on any atom is -0.396 e. The van der Waals surface area contributed by atoms with E-state index in [9.17, 15) is 9.50 Å². The molecule has 100 valence electrons. The van der Waals surface area contributed by atoms with Gasteiger partial charge in [0, 0.05) is 25.1 Å². The van der Waals surface area contributed by atoms with Gasteiger partial charge in [0.05, 0.1) is 5.02 Å². The second-order valence-corrected chi connectivity index (χ2v) is 5.62. The Morgan fingerprint density at radius 1 is 1.33 bits per heavy atom. The third kappa shape index (κ3) is 3.22. The van der Waals surface area contributed by atoms with Crippen LogP contribution in [0.5, 0.6) is 0 Å². The topological polar surface area (TPSA) is 32.3 Å². The predicted molar refractivity (Wildman–Crippen MR) is 71.1 cm³/mol. The van der Waals surface area contributed by atoms with Crippen LogP contribution in [0.3, 0.4) is 0 Å². The molecule has 2 N–H and O–H groups in total. The second-order valence-electron chi connectivity index (χ2n) is 5.22. The largest absolute Gasteiger partial charge is 0.396 e. The third-order valence-corrected chi connectivity index (χ3v) is 4.10. The van der Waals surface area contributed by atoms with E-state index < -0.39 is 0 Å². The van der Waals surface area contributed by atoms with Crippen molar-refractivity contribution < 1.29 is 9.50 Å². The van der Waals surface area contributed by atoms with Crippen molar-refractivity contribution >= 4 is 11.6 Å². The number of halogens is 2. The third-order valence-electron chi connectivity index (χ3n) is 3.81. The predicted octanol–water partition coefficient (Wildman–Crippen LogP) is 3.12. The fourth-order valence-electron chi connectivity index (χ4n) is 2.64. The Bertz CT molecular complexity index is 405. The molecule has 2 nitrogen and oxygen atoms in total. The summed E-state index contributed by atoms with van der Waals surface area (Å²) in [5, 5.41) is 13.0. The molecule has 0 unspecified atom stereocenters. The SMILES string of the molecule is OCC1(CNCc2ccc(F)c(Cl)c2)CCCC1. The Labute approximate surface area is 112 Å². The highest BCUT2D eigenvalue weighted by Gasteiger charge is 2.32. The van der Waals surface area contributed by atoms with Crippen molar-refractivity contribution in [3.05, 3.63) is 34.6 Å². The molecule has 1 aromatic rings. The lowest BCUT2D eigenvalue weighted by atomic mass is 9.87. The first-order chi connectivity index (χ1) is 8.65. The van der Waals surface area contributed by atoms with E-state index in [-0.39, 0.29) is 22.9 Å². The summed E-state index contributed by atoms with van der Waals surface area (Å²) in [5.41, 5.74) is 1.01. The molecule has 2 rings (SSSR count). The van der Waals surface area contributed by atoms with Crippen molar-refractivity contribution in [3.63, 3.8) is 0 Å². The number of aliphatic hydroxyl groups excluding tert-OH is 1. The van der Waals surface area contributed by atoms with Crippen molar-refractivity contribution in [2.45, 2.75) is 32.2 Å². The second kappa shape index (κ2) is 6.00. The fraction of sp³-hybridized carbons (Fsp3) is 0.571. The summed E-state index contributed by atoms with van der Waals surface area (Å²) in [6, 6.07) is 4.76. The quantitative estimate of drug-likeness (QED) is 0.862. The summed E-state index contributed by atoms with van der Waals surface area (Å²) in [5.74, 6) is -0.386. The number of benzene rings is 1. The molecule has 0 bridgehead atoms. The van der Waals surface area contributed by atoms with Gasteiger partial charge in [-0.1, -0.05) is 30.5 Å². The van der Waals surface area contributed by atoms with Gasteiger partial charge in [0.2, 0.25) is 0 Å². The van der Waals surface area contributed by atoms with Crippen molar-refractivity contribution in [3.8, 4) is 0 Å².